The fourth-order valence-electron chi connectivity index (χ4n) is 2.24. The summed E-state index contributed by atoms with van der Waals surface area (Å²) in [4.78, 5) is 3.06. The summed E-state index contributed by atoms with van der Waals surface area (Å²) < 4.78 is 66.0. The van der Waals surface area contributed by atoms with Gasteiger partial charge in [-0.15, -0.1) is 5.10 Å². The maximum Gasteiger partial charge on any atom is 0.453 e. The molecule has 3 aromatic rings. The van der Waals surface area contributed by atoms with Gasteiger partial charge in [0.25, 0.3) is 15.8 Å². The summed E-state index contributed by atoms with van der Waals surface area (Å²) in [5, 5.41) is 4.36. The SMILES string of the molecule is Cn1nc(C(F)(F)F)nc1NS(=O)(=O)c1ccc(Cl)c2ccccc12. The normalized spacial score (nSPS) is 12.5. The van der Waals surface area contributed by atoms with Crippen LogP contribution in [0.5, 0.6) is 0 Å². The predicted molar refractivity (Wildman–Crippen MR) is 85.8 cm³/mol. The minimum absolute atomic E-state index is 0.135. The average Bonchev–Trinajstić information content (AvgIpc) is 2.88. The van der Waals surface area contributed by atoms with Crippen LogP contribution in [-0.4, -0.2) is 23.2 Å². The maximum atomic E-state index is 12.7. The van der Waals surface area contributed by atoms with E-state index in [4.69, 9.17) is 11.6 Å². The van der Waals surface area contributed by atoms with Gasteiger partial charge in [0, 0.05) is 22.8 Å². The number of aryl methyl sites for hydroxylation is 1. The van der Waals surface area contributed by atoms with E-state index in [0.717, 1.165) is 7.05 Å². The summed E-state index contributed by atoms with van der Waals surface area (Å²) in [6, 6.07) is 9.18. The van der Waals surface area contributed by atoms with Gasteiger partial charge in [-0.05, 0) is 12.1 Å². The van der Waals surface area contributed by atoms with Crippen molar-refractivity contribution in [3.63, 3.8) is 0 Å². The summed E-state index contributed by atoms with van der Waals surface area (Å²) in [7, 11) is -3.06. The summed E-state index contributed by atoms with van der Waals surface area (Å²) in [6.45, 7) is 0. The fraction of sp³-hybridized carbons (Fsp3) is 0.143. The molecule has 6 nitrogen and oxygen atoms in total. The van der Waals surface area contributed by atoms with Crippen molar-refractivity contribution in [1.82, 2.24) is 14.8 Å². The molecular weight excluding hydrogens is 381 g/mol. The first kappa shape index (κ1) is 17.5. The molecule has 3 rings (SSSR count). The first-order valence-corrected chi connectivity index (χ1v) is 8.64. The molecule has 1 N–H and O–H groups in total. The third-order valence-corrected chi connectivity index (χ3v) is 5.08. The van der Waals surface area contributed by atoms with Crippen LogP contribution in [0.15, 0.2) is 41.3 Å². The maximum absolute atomic E-state index is 12.7. The third-order valence-electron chi connectivity index (χ3n) is 3.36. The number of rotatable bonds is 3. The molecule has 0 bridgehead atoms. The molecule has 0 spiro atoms. The summed E-state index contributed by atoms with van der Waals surface area (Å²) in [5.74, 6) is -1.99. The van der Waals surface area contributed by atoms with Gasteiger partial charge < -0.3 is 0 Å². The minimum atomic E-state index is -4.78. The van der Waals surface area contributed by atoms with E-state index in [-0.39, 0.29) is 4.90 Å². The van der Waals surface area contributed by atoms with Gasteiger partial charge in [-0.3, -0.25) is 0 Å². The number of fused-ring (bicyclic) bond motifs is 1. The molecule has 0 radical (unpaired) electrons. The highest BCUT2D eigenvalue weighted by Gasteiger charge is 2.37. The highest BCUT2D eigenvalue weighted by molar-refractivity contribution is 7.93. The molecule has 25 heavy (non-hydrogen) atoms. The zero-order valence-electron chi connectivity index (χ0n) is 12.5. The Bertz CT molecular complexity index is 1060. The number of aromatic nitrogens is 3. The quantitative estimate of drug-likeness (QED) is 0.743. The summed E-state index contributed by atoms with van der Waals surface area (Å²) >= 11 is 6.05. The molecule has 0 aliphatic heterocycles. The van der Waals surface area contributed by atoms with Crippen molar-refractivity contribution < 1.29 is 21.6 Å². The number of anilines is 1. The molecule has 2 aromatic carbocycles. The van der Waals surface area contributed by atoms with Crippen LogP contribution in [0.1, 0.15) is 5.82 Å². The van der Waals surface area contributed by atoms with Gasteiger partial charge in [-0.1, -0.05) is 35.9 Å². The highest BCUT2D eigenvalue weighted by atomic mass is 35.5. The second kappa shape index (κ2) is 5.88. The average molecular weight is 391 g/mol. The van der Waals surface area contributed by atoms with E-state index in [0.29, 0.717) is 20.5 Å². The van der Waals surface area contributed by atoms with Gasteiger partial charge in [0.1, 0.15) is 0 Å². The number of benzene rings is 2. The lowest BCUT2D eigenvalue weighted by molar-refractivity contribution is -0.144. The number of hydrogen-bond acceptors (Lipinski definition) is 4. The second-order valence-corrected chi connectivity index (χ2v) is 7.14. The number of sulfonamides is 1. The van der Waals surface area contributed by atoms with E-state index in [2.05, 4.69) is 10.1 Å². The molecule has 0 aliphatic carbocycles. The zero-order chi connectivity index (χ0) is 18.4. The first-order chi connectivity index (χ1) is 11.6. The Kier molecular flexibility index (Phi) is 4.12. The molecular formula is C14H10ClF3N4O2S. The first-order valence-electron chi connectivity index (χ1n) is 6.78. The lowest BCUT2D eigenvalue weighted by atomic mass is 10.1. The molecule has 0 saturated carbocycles. The fourth-order valence-corrected chi connectivity index (χ4v) is 3.71. The number of alkyl halides is 3. The molecule has 1 heterocycles. The van der Waals surface area contributed by atoms with Crippen LogP contribution in [0.3, 0.4) is 0 Å². The van der Waals surface area contributed by atoms with E-state index in [1.807, 2.05) is 4.72 Å². The van der Waals surface area contributed by atoms with E-state index >= 15 is 0 Å². The zero-order valence-corrected chi connectivity index (χ0v) is 14.1. The Morgan fingerprint density at radius 2 is 1.76 bits per heavy atom. The van der Waals surface area contributed by atoms with Gasteiger partial charge in [-0.2, -0.15) is 18.2 Å². The number of nitrogens with one attached hydrogen (secondary N) is 1. The lowest BCUT2D eigenvalue weighted by Gasteiger charge is -2.10. The number of nitrogens with zero attached hydrogens (tertiary/aromatic N) is 3. The monoisotopic (exact) mass is 390 g/mol. The van der Waals surface area contributed by atoms with Crippen molar-refractivity contribution in [2.24, 2.45) is 7.05 Å². The van der Waals surface area contributed by atoms with E-state index in [9.17, 15) is 21.6 Å². The Morgan fingerprint density at radius 1 is 1.12 bits per heavy atom. The van der Waals surface area contributed by atoms with Crippen LogP contribution in [0.2, 0.25) is 5.02 Å². The molecule has 1 aromatic heterocycles. The largest absolute Gasteiger partial charge is 0.453 e. The van der Waals surface area contributed by atoms with Gasteiger partial charge >= 0.3 is 6.18 Å². The van der Waals surface area contributed by atoms with E-state index in [1.165, 1.54) is 12.1 Å². The summed E-state index contributed by atoms with van der Waals surface area (Å²) in [5.41, 5.74) is 0. The van der Waals surface area contributed by atoms with Crippen LogP contribution < -0.4 is 4.72 Å². The molecule has 0 fully saturated rings. The second-order valence-electron chi connectivity index (χ2n) is 5.08. The van der Waals surface area contributed by atoms with Crippen LogP contribution in [0, 0.1) is 0 Å². The molecule has 0 amide bonds. The molecule has 11 heteroatoms. The van der Waals surface area contributed by atoms with Crippen LogP contribution >= 0.6 is 11.6 Å². The minimum Gasteiger partial charge on any atom is -0.247 e. The lowest BCUT2D eigenvalue weighted by Crippen LogP contribution is -2.16. The molecule has 0 aliphatic rings. The van der Waals surface area contributed by atoms with Crippen molar-refractivity contribution in [1.29, 1.82) is 0 Å². The van der Waals surface area contributed by atoms with Gasteiger partial charge in [0.15, 0.2) is 0 Å². The van der Waals surface area contributed by atoms with Gasteiger partial charge in [0.2, 0.25) is 5.95 Å². The van der Waals surface area contributed by atoms with E-state index < -0.39 is 28.0 Å². The van der Waals surface area contributed by atoms with E-state index in [1.54, 1.807) is 24.3 Å². The smallest absolute Gasteiger partial charge is 0.247 e. The van der Waals surface area contributed by atoms with Gasteiger partial charge in [-0.25, -0.2) is 17.8 Å². The number of halogens is 4. The van der Waals surface area contributed by atoms with Crippen LogP contribution in [-0.2, 0) is 23.2 Å². The topological polar surface area (TPSA) is 76.9 Å². The number of hydrogen-bond donors (Lipinski definition) is 1. The molecule has 0 atom stereocenters. The summed E-state index contributed by atoms with van der Waals surface area (Å²) in [6.07, 6.45) is -4.78. The standard InChI is InChI=1S/C14H10ClF3N4O2S/c1-22-13(19-12(20-22)14(16,17)18)21-25(23,24)11-7-6-10(15)8-4-2-3-5-9(8)11/h2-7H,1H3,(H,19,20,21). The Labute approximate surface area is 145 Å². The van der Waals surface area contributed by atoms with Crippen LogP contribution in [0.25, 0.3) is 10.8 Å². The Hall–Kier alpha value is -2.33. The Morgan fingerprint density at radius 3 is 2.36 bits per heavy atom. The van der Waals surface area contributed by atoms with Crippen molar-refractivity contribution in [2.45, 2.75) is 11.1 Å². The van der Waals surface area contributed by atoms with Crippen molar-refractivity contribution in [3.8, 4) is 0 Å². The highest BCUT2D eigenvalue weighted by Crippen LogP contribution is 2.31. The molecule has 0 unspecified atom stereocenters. The van der Waals surface area contributed by atoms with Crippen molar-refractivity contribution in [3.05, 3.63) is 47.2 Å². The predicted octanol–water partition coefficient (Wildman–Crippen LogP) is 3.44. The van der Waals surface area contributed by atoms with Crippen molar-refractivity contribution >= 4 is 38.3 Å². The molecule has 132 valence electrons. The van der Waals surface area contributed by atoms with Crippen LogP contribution in [0.4, 0.5) is 19.1 Å². The molecule has 0 saturated heterocycles. The van der Waals surface area contributed by atoms with Gasteiger partial charge in [0.05, 0.1) is 4.90 Å². The Balaban J connectivity index is 2.07. The third kappa shape index (κ3) is 3.27. The van der Waals surface area contributed by atoms with Crippen molar-refractivity contribution in [2.75, 3.05) is 4.72 Å².